The third-order valence-corrected chi connectivity index (χ3v) is 4.83. The normalized spacial score (nSPS) is 24.0. The minimum absolute atomic E-state index is 0.115. The smallest absolute Gasteiger partial charge is 0.222 e. The van der Waals surface area contributed by atoms with E-state index in [0.717, 1.165) is 26.1 Å². The van der Waals surface area contributed by atoms with Crippen molar-refractivity contribution >= 4 is 23.3 Å². The zero-order valence-electron chi connectivity index (χ0n) is 12.1. The van der Waals surface area contributed by atoms with Crippen LogP contribution in [0.15, 0.2) is 24.3 Å². The molecule has 0 radical (unpaired) electrons. The van der Waals surface area contributed by atoms with Crippen LogP contribution in [0, 0.1) is 0 Å². The van der Waals surface area contributed by atoms with E-state index in [1.54, 1.807) is 24.3 Å². The minimum atomic E-state index is -0.163. The molecule has 21 heavy (non-hydrogen) atoms. The summed E-state index contributed by atoms with van der Waals surface area (Å²) in [5.74, 6) is 0.376. The van der Waals surface area contributed by atoms with E-state index in [2.05, 4.69) is 4.90 Å². The monoisotopic (exact) mass is 306 g/mol. The molecule has 1 amide bonds. The lowest BCUT2D eigenvalue weighted by Gasteiger charge is -2.40. The number of nitrogens with zero attached hydrogens (tertiary/aromatic N) is 2. The van der Waals surface area contributed by atoms with Crippen molar-refractivity contribution in [1.82, 2.24) is 9.80 Å². The number of carbonyl (C=O) groups excluding carboxylic acids is 2. The van der Waals surface area contributed by atoms with E-state index >= 15 is 0 Å². The fraction of sp³-hybridized carbons (Fsp3) is 0.500. The molecule has 2 aliphatic heterocycles. The van der Waals surface area contributed by atoms with E-state index < -0.39 is 0 Å². The second-order valence-electron chi connectivity index (χ2n) is 5.82. The summed E-state index contributed by atoms with van der Waals surface area (Å²) in [5, 5.41) is 0.636. The van der Waals surface area contributed by atoms with Gasteiger partial charge in [-0.3, -0.25) is 14.5 Å². The molecule has 2 unspecified atom stereocenters. The first kappa shape index (κ1) is 14.5. The lowest BCUT2D eigenvalue weighted by Crippen LogP contribution is -2.55. The Kier molecular flexibility index (Phi) is 4.00. The predicted molar refractivity (Wildman–Crippen MR) is 81.6 cm³/mol. The van der Waals surface area contributed by atoms with Crippen LogP contribution in [0.4, 0.5) is 0 Å². The van der Waals surface area contributed by atoms with E-state index in [0.29, 0.717) is 17.0 Å². The molecule has 2 fully saturated rings. The summed E-state index contributed by atoms with van der Waals surface area (Å²) in [6.07, 6.45) is 1.56. The Morgan fingerprint density at radius 3 is 2.71 bits per heavy atom. The van der Waals surface area contributed by atoms with Gasteiger partial charge in [0.25, 0.3) is 0 Å². The molecule has 0 aliphatic carbocycles. The first-order valence-corrected chi connectivity index (χ1v) is 7.77. The second-order valence-corrected chi connectivity index (χ2v) is 6.26. The fourth-order valence-electron chi connectivity index (χ4n) is 3.26. The van der Waals surface area contributed by atoms with Crippen LogP contribution in [0.5, 0.6) is 0 Å². The highest BCUT2D eigenvalue weighted by molar-refractivity contribution is 6.30. The largest absolute Gasteiger partial charge is 0.337 e. The van der Waals surface area contributed by atoms with Crippen molar-refractivity contribution in [3.05, 3.63) is 34.9 Å². The molecule has 112 valence electrons. The van der Waals surface area contributed by atoms with Crippen molar-refractivity contribution in [2.24, 2.45) is 0 Å². The van der Waals surface area contributed by atoms with E-state index in [9.17, 15) is 9.59 Å². The lowest BCUT2D eigenvalue weighted by molar-refractivity contribution is -0.130. The van der Waals surface area contributed by atoms with Gasteiger partial charge in [0.05, 0.1) is 6.04 Å². The quantitative estimate of drug-likeness (QED) is 0.804. The van der Waals surface area contributed by atoms with Gasteiger partial charge in [0.2, 0.25) is 5.91 Å². The Hall–Kier alpha value is -1.39. The highest BCUT2D eigenvalue weighted by Crippen LogP contribution is 2.24. The summed E-state index contributed by atoms with van der Waals surface area (Å²) in [6, 6.07) is 7.16. The molecule has 2 heterocycles. The van der Waals surface area contributed by atoms with Crippen LogP contribution in [0.1, 0.15) is 30.1 Å². The van der Waals surface area contributed by atoms with Crippen LogP contribution in [0.3, 0.4) is 0 Å². The molecule has 2 saturated heterocycles. The third kappa shape index (κ3) is 2.83. The standard InChI is InChI=1S/C16H19ClN2O2/c1-11(16(21)12-2-4-13(17)5-3-12)18-8-9-19-14(10-18)6-7-15(19)20/h2-5,11,14H,6-10H2,1H3. The van der Waals surface area contributed by atoms with Gasteiger partial charge in [0.1, 0.15) is 0 Å². The van der Waals surface area contributed by atoms with E-state index in [1.165, 1.54) is 0 Å². The Labute approximate surface area is 129 Å². The van der Waals surface area contributed by atoms with Gasteiger partial charge < -0.3 is 4.90 Å². The molecule has 1 aromatic rings. The van der Waals surface area contributed by atoms with Crippen LogP contribution < -0.4 is 0 Å². The molecule has 3 rings (SSSR count). The molecular formula is C16H19ClN2O2. The number of hydrogen-bond acceptors (Lipinski definition) is 3. The van der Waals surface area contributed by atoms with E-state index in [1.807, 2.05) is 11.8 Å². The maximum absolute atomic E-state index is 12.5. The van der Waals surface area contributed by atoms with Gasteiger partial charge in [-0.2, -0.15) is 0 Å². The number of halogens is 1. The molecule has 0 N–H and O–H groups in total. The number of piperazine rings is 1. The number of carbonyl (C=O) groups is 2. The number of rotatable bonds is 3. The molecule has 1 aromatic carbocycles. The molecular weight excluding hydrogens is 288 g/mol. The zero-order chi connectivity index (χ0) is 15.0. The summed E-state index contributed by atoms with van der Waals surface area (Å²) in [4.78, 5) is 28.4. The van der Waals surface area contributed by atoms with Crippen molar-refractivity contribution in [1.29, 1.82) is 0 Å². The maximum atomic E-state index is 12.5. The van der Waals surface area contributed by atoms with Crippen molar-refractivity contribution < 1.29 is 9.59 Å². The van der Waals surface area contributed by atoms with Crippen LogP contribution in [-0.4, -0.2) is 53.2 Å². The summed E-state index contributed by atoms with van der Waals surface area (Å²) in [7, 11) is 0. The van der Waals surface area contributed by atoms with E-state index in [4.69, 9.17) is 11.6 Å². The average Bonchev–Trinajstić information content (AvgIpc) is 2.87. The van der Waals surface area contributed by atoms with Gasteiger partial charge in [-0.25, -0.2) is 0 Å². The molecule has 0 aromatic heterocycles. The molecule has 0 spiro atoms. The molecule has 2 atom stereocenters. The molecule has 4 nitrogen and oxygen atoms in total. The van der Waals surface area contributed by atoms with Gasteiger partial charge in [-0.05, 0) is 37.6 Å². The first-order chi connectivity index (χ1) is 10.1. The van der Waals surface area contributed by atoms with Gasteiger partial charge in [-0.15, -0.1) is 0 Å². The SMILES string of the molecule is CC(C(=O)c1ccc(Cl)cc1)N1CCN2C(=O)CCC2C1. The zero-order valence-corrected chi connectivity index (χ0v) is 12.8. The number of amides is 1. The predicted octanol–water partition coefficient (Wildman–Crippen LogP) is 2.22. The molecule has 0 saturated carbocycles. The van der Waals surface area contributed by atoms with Crippen LogP contribution in [-0.2, 0) is 4.79 Å². The van der Waals surface area contributed by atoms with E-state index in [-0.39, 0.29) is 23.8 Å². The van der Waals surface area contributed by atoms with Crippen molar-refractivity contribution in [3.8, 4) is 0 Å². The summed E-state index contributed by atoms with van der Waals surface area (Å²) < 4.78 is 0. The molecule has 5 heteroatoms. The number of hydrogen-bond donors (Lipinski definition) is 0. The Morgan fingerprint density at radius 2 is 2.00 bits per heavy atom. The number of fused-ring (bicyclic) bond motifs is 1. The summed E-state index contributed by atoms with van der Waals surface area (Å²) >= 11 is 5.86. The van der Waals surface area contributed by atoms with Crippen LogP contribution >= 0.6 is 11.6 Å². The Bertz CT molecular complexity index is 558. The Balaban J connectivity index is 1.68. The topological polar surface area (TPSA) is 40.6 Å². The van der Waals surface area contributed by atoms with Gasteiger partial charge in [-0.1, -0.05) is 11.6 Å². The summed E-state index contributed by atoms with van der Waals surface area (Å²) in [6.45, 7) is 4.25. The number of benzene rings is 1. The highest BCUT2D eigenvalue weighted by Gasteiger charge is 2.37. The second kappa shape index (κ2) is 5.78. The van der Waals surface area contributed by atoms with Crippen LogP contribution in [0.25, 0.3) is 0 Å². The number of ketones is 1. The van der Waals surface area contributed by atoms with Crippen molar-refractivity contribution in [2.45, 2.75) is 31.8 Å². The summed E-state index contributed by atoms with van der Waals surface area (Å²) in [5.41, 5.74) is 0.692. The first-order valence-electron chi connectivity index (χ1n) is 7.39. The average molecular weight is 307 g/mol. The van der Waals surface area contributed by atoms with Crippen LogP contribution in [0.2, 0.25) is 5.02 Å². The number of Topliss-reactive ketones (excluding diaryl/α,β-unsaturated/α-hetero) is 1. The van der Waals surface area contributed by atoms with Gasteiger partial charge in [0, 0.05) is 42.7 Å². The van der Waals surface area contributed by atoms with Gasteiger partial charge >= 0.3 is 0 Å². The maximum Gasteiger partial charge on any atom is 0.222 e. The Morgan fingerprint density at radius 1 is 1.29 bits per heavy atom. The minimum Gasteiger partial charge on any atom is -0.337 e. The third-order valence-electron chi connectivity index (χ3n) is 4.58. The fourth-order valence-corrected chi connectivity index (χ4v) is 3.39. The van der Waals surface area contributed by atoms with Crippen molar-refractivity contribution in [2.75, 3.05) is 19.6 Å². The molecule has 0 bridgehead atoms. The molecule has 2 aliphatic rings. The lowest BCUT2D eigenvalue weighted by atomic mass is 10.0. The van der Waals surface area contributed by atoms with Crippen molar-refractivity contribution in [3.63, 3.8) is 0 Å². The highest BCUT2D eigenvalue weighted by atomic mass is 35.5. The van der Waals surface area contributed by atoms with Gasteiger partial charge in [0.15, 0.2) is 5.78 Å².